The fourth-order valence-corrected chi connectivity index (χ4v) is 2.98. The second-order valence-electron chi connectivity index (χ2n) is 4.15. The molecule has 0 aliphatic carbocycles. The minimum atomic E-state index is -3.73. The van der Waals surface area contributed by atoms with Crippen molar-refractivity contribution in [2.24, 2.45) is 5.73 Å². The van der Waals surface area contributed by atoms with E-state index in [9.17, 15) is 12.8 Å². The summed E-state index contributed by atoms with van der Waals surface area (Å²) < 4.78 is 45.0. The SMILES string of the molecule is COCCCNS(=O)(=O)c1cc(CN)cc(F)c1C. The van der Waals surface area contributed by atoms with E-state index in [1.165, 1.54) is 19.1 Å². The first-order valence-electron chi connectivity index (χ1n) is 5.90. The van der Waals surface area contributed by atoms with E-state index in [2.05, 4.69) is 4.72 Å². The maximum Gasteiger partial charge on any atom is 0.240 e. The summed E-state index contributed by atoms with van der Waals surface area (Å²) in [5, 5.41) is 0. The number of benzene rings is 1. The molecule has 0 aliphatic heterocycles. The van der Waals surface area contributed by atoms with Crippen LogP contribution in [-0.2, 0) is 21.3 Å². The molecule has 5 nitrogen and oxygen atoms in total. The van der Waals surface area contributed by atoms with E-state index in [1.54, 1.807) is 7.11 Å². The van der Waals surface area contributed by atoms with E-state index in [-0.39, 0.29) is 23.5 Å². The molecule has 0 atom stereocenters. The first-order chi connectivity index (χ1) is 8.92. The Morgan fingerprint density at radius 2 is 2.11 bits per heavy atom. The summed E-state index contributed by atoms with van der Waals surface area (Å²) in [5.41, 5.74) is 5.96. The highest BCUT2D eigenvalue weighted by Gasteiger charge is 2.19. The molecule has 19 heavy (non-hydrogen) atoms. The van der Waals surface area contributed by atoms with Crippen molar-refractivity contribution >= 4 is 10.0 Å². The van der Waals surface area contributed by atoms with Crippen LogP contribution in [0.2, 0.25) is 0 Å². The van der Waals surface area contributed by atoms with Crippen LogP contribution in [0.15, 0.2) is 17.0 Å². The van der Waals surface area contributed by atoms with Gasteiger partial charge in [-0.05, 0) is 31.0 Å². The summed E-state index contributed by atoms with van der Waals surface area (Å²) >= 11 is 0. The molecule has 3 N–H and O–H groups in total. The Hall–Kier alpha value is -1.02. The van der Waals surface area contributed by atoms with E-state index in [1.807, 2.05) is 0 Å². The number of rotatable bonds is 7. The Labute approximate surface area is 113 Å². The molecule has 0 unspecified atom stereocenters. The minimum absolute atomic E-state index is 0.0645. The van der Waals surface area contributed by atoms with E-state index < -0.39 is 15.8 Å². The van der Waals surface area contributed by atoms with Crippen LogP contribution < -0.4 is 10.5 Å². The largest absolute Gasteiger partial charge is 0.385 e. The molecule has 0 heterocycles. The number of nitrogens with two attached hydrogens (primary N) is 1. The van der Waals surface area contributed by atoms with E-state index >= 15 is 0 Å². The van der Waals surface area contributed by atoms with Crippen molar-refractivity contribution in [2.45, 2.75) is 24.8 Å². The summed E-state index contributed by atoms with van der Waals surface area (Å²) in [6.45, 7) is 2.21. The minimum Gasteiger partial charge on any atom is -0.385 e. The third-order valence-corrected chi connectivity index (χ3v) is 4.29. The molecule has 0 amide bonds. The third-order valence-electron chi connectivity index (χ3n) is 2.70. The standard InChI is InChI=1S/C12H19FN2O3S/c1-9-11(13)6-10(8-14)7-12(9)19(16,17)15-4-3-5-18-2/h6-7,15H,3-5,8,14H2,1-2H3. The molecule has 0 bridgehead atoms. The van der Waals surface area contributed by atoms with Crippen LogP contribution >= 0.6 is 0 Å². The van der Waals surface area contributed by atoms with Gasteiger partial charge in [0.05, 0.1) is 4.90 Å². The van der Waals surface area contributed by atoms with Crippen LogP contribution in [0.4, 0.5) is 4.39 Å². The number of hydrogen-bond donors (Lipinski definition) is 2. The van der Waals surface area contributed by atoms with Gasteiger partial charge in [-0.2, -0.15) is 0 Å². The highest BCUT2D eigenvalue weighted by Crippen LogP contribution is 2.20. The maximum absolute atomic E-state index is 13.6. The van der Waals surface area contributed by atoms with Crippen molar-refractivity contribution in [1.29, 1.82) is 0 Å². The lowest BCUT2D eigenvalue weighted by Gasteiger charge is -2.11. The lowest BCUT2D eigenvalue weighted by Crippen LogP contribution is -2.26. The molecule has 1 aromatic carbocycles. The zero-order chi connectivity index (χ0) is 14.5. The van der Waals surface area contributed by atoms with Gasteiger partial charge in [0, 0.05) is 32.4 Å². The van der Waals surface area contributed by atoms with Gasteiger partial charge >= 0.3 is 0 Å². The Kier molecular flexibility index (Phi) is 5.86. The van der Waals surface area contributed by atoms with E-state index in [0.717, 1.165) is 0 Å². The maximum atomic E-state index is 13.6. The van der Waals surface area contributed by atoms with E-state index in [4.69, 9.17) is 10.5 Å². The average molecular weight is 290 g/mol. The zero-order valence-corrected chi connectivity index (χ0v) is 11.9. The van der Waals surface area contributed by atoms with Crippen molar-refractivity contribution in [3.8, 4) is 0 Å². The predicted molar refractivity (Wildman–Crippen MR) is 70.7 cm³/mol. The van der Waals surface area contributed by atoms with Crippen molar-refractivity contribution in [2.75, 3.05) is 20.3 Å². The van der Waals surface area contributed by atoms with Gasteiger partial charge in [0.2, 0.25) is 10.0 Å². The molecule has 0 aliphatic rings. The van der Waals surface area contributed by atoms with Crippen LogP contribution in [0.1, 0.15) is 17.5 Å². The highest BCUT2D eigenvalue weighted by atomic mass is 32.2. The normalized spacial score (nSPS) is 11.8. The number of nitrogens with one attached hydrogen (secondary N) is 1. The second kappa shape index (κ2) is 6.95. The molecule has 0 aromatic heterocycles. The lowest BCUT2D eigenvalue weighted by molar-refractivity contribution is 0.196. The van der Waals surface area contributed by atoms with Gasteiger partial charge in [0.25, 0.3) is 0 Å². The molecule has 0 fully saturated rings. The van der Waals surface area contributed by atoms with Crippen LogP contribution in [0.25, 0.3) is 0 Å². The highest BCUT2D eigenvalue weighted by molar-refractivity contribution is 7.89. The summed E-state index contributed by atoms with van der Waals surface area (Å²) in [6, 6.07) is 2.65. The number of halogens is 1. The average Bonchev–Trinajstić information content (AvgIpc) is 2.37. The topological polar surface area (TPSA) is 81.4 Å². The van der Waals surface area contributed by atoms with E-state index in [0.29, 0.717) is 18.6 Å². The first-order valence-corrected chi connectivity index (χ1v) is 7.38. The lowest BCUT2D eigenvalue weighted by atomic mass is 10.1. The van der Waals surface area contributed by atoms with Crippen LogP contribution in [-0.4, -0.2) is 28.7 Å². The Balaban J connectivity index is 2.97. The monoisotopic (exact) mass is 290 g/mol. The van der Waals surface area contributed by atoms with Crippen molar-refractivity contribution < 1.29 is 17.5 Å². The fraction of sp³-hybridized carbons (Fsp3) is 0.500. The summed E-state index contributed by atoms with van der Waals surface area (Å²) in [5.74, 6) is -0.569. The molecule has 108 valence electrons. The van der Waals surface area contributed by atoms with Gasteiger partial charge in [-0.25, -0.2) is 17.5 Å². The van der Waals surface area contributed by atoms with Gasteiger partial charge in [0.1, 0.15) is 5.82 Å². The zero-order valence-electron chi connectivity index (χ0n) is 11.1. The second-order valence-corrected chi connectivity index (χ2v) is 5.88. The predicted octanol–water partition coefficient (Wildman–Crippen LogP) is 0.908. The van der Waals surface area contributed by atoms with Crippen molar-refractivity contribution in [1.82, 2.24) is 4.72 Å². The molecule has 0 radical (unpaired) electrons. The molecular formula is C12H19FN2O3S. The Morgan fingerprint density at radius 3 is 2.68 bits per heavy atom. The summed E-state index contributed by atoms with van der Waals surface area (Å²) in [7, 11) is -2.19. The summed E-state index contributed by atoms with van der Waals surface area (Å²) in [4.78, 5) is -0.0645. The number of ether oxygens (including phenoxy) is 1. The molecule has 7 heteroatoms. The van der Waals surface area contributed by atoms with Gasteiger partial charge in [0.15, 0.2) is 0 Å². The molecule has 1 aromatic rings. The molecule has 0 spiro atoms. The number of hydrogen-bond acceptors (Lipinski definition) is 4. The van der Waals surface area contributed by atoms with Gasteiger partial charge < -0.3 is 10.5 Å². The van der Waals surface area contributed by atoms with Crippen molar-refractivity contribution in [3.05, 3.63) is 29.1 Å². The first kappa shape index (κ1) is 16.0. The smallest absolute Gasteiger partial charge is 0.240 e. The van der Waals surface area contributed by atoms with Crippen LogP contribution in [0.5, 0.6) is 0 Å². The van der Waals surface area contributed by atoms with Gasteiger partial charge in [-0.15, -0.1) is 0 Å². The third kappa shape index (κ3) is 4.24. The number of sulfonamides is 1. The molecule has 0 saturated carbocycles. The summed E-state index contributed by atoms with van der Waals surface area (Å²) in [6.07, 6.45) is 0.549. The van der Waals surface area contributed by atoms with Gasteiger partial charge in [-0.3, -0.25) is 0 Å². The molecular weight excluding hydrogens is 271 g/mol. The van der Waals surface area contributed by atoms with Crippen LogP contribution in [0, 0.1) is 12.7 Å². The van der Waals surface area contributed by atoms with Gasteiger partial charge in [-0.1, -0.05) is 0 Å². The fourth-order valence-electron chi connectivity index (χ4n) is 1.60. The van der Waals surface area contributed by atoms with Crippen LogP contribution in [0.3, 0.4) is 0 Å². The quantitative estimate of drug-likeness (QED) is 0.731. The Bertz CT molecular complexity index is 532. The van der Waals surface area contributed by atoms with Crippen molar-refractivity contribution in [3.63, 3.8) is 0 Å². The Morgan fingerprint density at radius 1 is 1.42 bits per heavy atom. The molecule has 0 saturated heterocycles. The molecule has 1 rings (SSSR count). The number of methoxy groups -OCH3 is 1.